The van der Waals surface area contributed by atoms with Gasteiger partial charge in [0, 0.05) is 5.92 Å². The summed E-state index contributed by atoms with van der Waals surface area (Å²) in [5.41, 5.74) is 0.613. The van der Waals surface area contributed by atoms with Crippen molar-refractivity contribution >= 4 is 24.7 Å². The van der Waals surface area contributed by atoms with Crippen LogP contribution in [0.5, 0.6) is 17.2 Å². The smallest absolute Gasteiger partial charge is 0.312 e. The van der Waals surface area contributed by atoms with Crippen molar-refractivity contribution in [2.45, 2.75) is 75.8 Å². The van der Waals surface area contributed by atoms with Gasteiger partial charge < -0.3 is 38.0 Å². The maximum atomic E-state index is 13.6. The zero-order valence-electron chi connectivity index (χ0n) is 26.8. The SMILES string of the molecule is COC(=O)[C@H]1[C@@H]2OC(C)(C)O[C@@H]2[C@@H](O[Si](c2ccccc2)(c2ccccc2)C(C)(C)C)[C@H](O)[C@@H]1c1cc(OC)c2c(c1)OCO2. The standard InChI is InChI=1S/C35H42O9Si/c1-34(2,3)45(22-14-10-8-11-15-22,23-16-12-9-13-17-23)44-31-28(36)26(21-18-24(38-6)29-25(19-21)40-20-41-29)27(33(37)39-7)30-32(31)43-35(4,5)42-30/h8-19,26-28,30-32,36H,20H2,1-7H3/t26-,27-,28-,30+,31+,32+/m1/s1. The molecule has 6 rings (SSSR count). The van der Waals surface area contributed by atoms with E-state index >= 15 is 0 Å². The monoisotopic (exact) mass is 634 g/mol. The predicted octanol–water partition coefficient (Wildman–Crippen LogP) is 4.14. The van der Waals surface area contributed by atoms with Crippen LogP contribution in [-0.4, -0.2) is 70.6 Å². The molecule has 3 aliphatic rings. The van der Waals surface area contributed by atoms with Gasteiger partial charge in [-0.2, -0.15) is 0 Å². The van der Waals surface area contributed by atoms with Crippen molar-refractivity contribution in [3.8, 4) is 17.2 Å². The largest absolute Gasteiger partial charge is 0.493 e. The van der Waals surface area contributed by atoms with Gasteiger partial charge in [-0.25, -0.2) is 0 Å². The number of fused-ring (bicyclic) bond motifs is 2. The van der Waals surface area contributed by atoms with Crippen molar-refractivity contribution in [1.29, 1.82) is 0 Å². The van der Waals surface area contributed by atoms with Crippen LogP contribution in [-0.2, 0) is 23.4 Å². The fourth-order valence-corrected chi connectivity index (χ4v) is 12.1. The summed E-state index contributed by atoms with van der Waals surface area (Å²) in [6.07, 6.45) is -3.64. The molecule has 1 saturated carbocycles. The molecule has 1 aliphatic carbocycles. The van der Waals surface area contributed by atoms with Crippen LogP contribution in [0.15, 0.2) is 72.8 Å². The summed E-state index contributed by atoms with van der Waals surface area (Å²) >= 11 is 0. The van der Waals surface area contributed by atoms with Crippen LogP contribution < -0.4 is 24.6 Å². The minimum Gasteiger partial charge on any atom is -0.493 e. The van der Waals surface area contributed by atoms with E-state index in [1.54, 1.807) is 12.1 Å². The number of carbonyl (C=O) groups is 1. The summed E-state index contributed by atoms with van der Waals surface area (Å²) in [6.45, 7) is 10.2. The first-order chi connectivity index (χ1) is 21.4. The Morgan fingerprint density at radius 3 is 2.07 bits per heavy atom. The van der Waals surface area contributed by atoms with Gasteiger partial charge in [0.05, 0.1) is 26.2 Å². The summed E-state index contributed by atoms with van der Waals surface area (Å²) in [5.74, 6) is -1.92. The van der Waals surface area contributed by atoms with E-state index in [2.05, 4.69) is 45.0 Å². The Bertz CT molecular complexity index is 1480. The molecule has 10 heteroatoms. The Kier molecular flexibility index (Phi) is 8.24. The van der Waals surface area contributed by atoms with Gasteiger partial charge in [0.25, 0.3) is 8.32 Å². The lowest BCUT2D eigenvalue weighted by Gasteiger charge is -2.51. The molecule has 240 valence electrons. The number of esters is 1. The van der Waals surface area contributed by atoms with Crippen molar-refractivity contribution in [1.82, 2.24) is 0 Å². The molecule has 0 radical (unpaired) electrons. The van der Waals surface area contributed by atoms with E-state index in [9.17, 15) is 9.90 Å². The zero-order chi connectivity index (χ0) is 32.1. The highest BCUT2D eigenvalue weighted by atomic mass is 28.4. The average molecular weight is 635 g/mol. The molecule has 2 fully saturated rings. The summed E-state index contributed by atoms with van der Waals surface area (Å²) in [7, 11) is -0.309. The first-order valence-electron chi connectivity index (χ1n) is 15.3. The van der Waals surface area contributed by atoms with Crippen molar-refractivity contribution < 1.29 is 42.7 Å². The maximum Gasteiger partial charge on any atom is 0.312 e. The van der Waals surface area contributed by atoms with E-state index in [1.165, 1.54) is 14.2 Å². The van der Waals surface area contributed by atoms with Crippen molar-refractivity contribution in [3.05, 3.63) is 78.4 Å². The first kappa shape index (κ1) is 31.6. The van der Waals surface area contributed by atoms with Crippen LogP contribution >= 0.6 is 0 Å². The topological polar surface area (TPSA) is 102 Å². The van der Waals surface area contributed by atoms with E-state index in [1.807, 2.05) is 50.2 Å². The van der Waals surface area contributed by atoms with Gasteiger partial charge in [0.15, 0.2) is 17.3 Å². The molecule has 2 aliphatic heterocycles. The number of aliphatic hydroxyl groups excluding tert-OH is 1. The Morgan fingerprint density at radius 1 is 0.911 bits per heavy atom. The molecule has 1 saturated heterocycles. The highest BCUT2D eigenvalue weighted by Crippen LogP contribution is 2.52. The average Bonchev–Trinajstić information content (AvgIpc) is 3.63. The lowest BCUT2D eigenvalue weighted by molar-refractivity contribution is -0.166. The maximum absolute atomic E-state index is 13.6. The van der Waals surface area contributed by atoms with Gasteiger partial charge in [0.2, 0.25) is 12.5 Å². The number of hydrogen-bond donors (Lipinski definition) is 1. The molecule has 9 nitrogen and oxygen atoms in total. The van der Waals surface area contributed by atoms with Crippen LogP contribution in [0.3, 0.4) is 0 Å². The molecule has 2 heterocycles. The lowest BCUT2D eigenvalue weighted by atomic mass is 9.69. The van der Waals surface area contributed by atoms with Crippen LogP contribution in [0.4, 0.5) is 0 Å². The minimum absolute atomic E-state index is 0.0399. The number of methoxy groups -OCH3 is 2. The normalized spacial score (nSPS) is 27.1. The Hall–Kier alpha value is -3.41. The second-order valence-electron chi connectivity index (χ2n) is 13.3. The molecule has 0 unspecified atom stereocenters. The summed E-state index contributed by atoms with van der Waals surface area (Å²) in [5, 5.41) is 14.3. The summed E-state index contributed by atoms with van der Waals surface area (Å²) in [4.78, 5) is 13.6. The van der Waals surface area contributed by atoms with Crippen molar-refractivity contribution in [2.75, 3.05) is 21.0 Å². The molecule has 0 aromatic heterocycles. The van der Waals surface area contributed by atoms with Crippen LogP contribution in [0.1, 0.15) is 46.1 Å². The minimum atomic E-state index is -3.19. The van der Waals surface area contributed by atoms with Gasteiger partial charge in [-0.05, 0) is 47.0 Å². The number of benzene rings is 3. The molecule has 0 amide bonds. The van der Waals surface area contributed by atoms with E-state index in [0.717, 1.165) is 10.4 Å². The van der Waals surface area contributed by atoms with E-state index in [4.69, 9.17) is 32.8 Å². The van der Waals surface area contributed by atoms with Gasteiger partial charge in [-0.15, -0.1) is 0 Å². The fourth-order valence-electron chi connectivity index (χ4n) is 7.36. The van der Waals surface area contributed by atoms with E-state index < -0.39 is 56.3 Å². The predicted molar refractivity (Wildman–Crippen MR) is 170 cm³/mol. The van der Waals surface area contributed by atoms with E-state index in [0.29, 0.717) is 22.8 Å². The van der Waals surface area contributed by atoms with Gasteiger partial charge in [-0.3, -0.25) is 4.79 Å². The van der Waals surface area contributed by atoms with Crippen LogP contribution in [0.2, 0.25) is 5.04 Å². The van der Waals surface area contributed by atoms with Crippen LogP contribution in [0, 0.1) is 5.92 Å². The molecular formula is C35H42O9Si. The highest BCUT2D eigenvalue weighted by Gasteiger charge is 2.64. The third-order valence-corrected chi connectivity index (χ3v) is 14.2. The molecule has 6 atom stereocenters. The molecular weight excluding hydrogens is 592 g/mol. The second-order valence-corrected chi connectivity index (χ2v) is 17.6. The van der Waals surface area contributed by atoms with Crippen molar-refractivity contribution in [3.63, 3.8) is 0 Å². The van der Waals surface area contributed by atoms with Gasteiger partial charge in [-0.1, -0.05) is 81.4 Å². The number of carbonyl (C=O) groups excluding carboxylic acids is 1. The summed E-state index contributed by atoms with van der Waals surface area (Å²) < 4.78 is 42.9. The highest BCUT2D eigenvalue weighted by molar-refractivity contribution is 6.99. The fraction of sp³-hybridized carbons (Fsp3) is 0.457. The van der Waals surface area contributed by atoms with E-state index in [-0.39, 0.29) is 11.8 Å². The van der Waals surface area contributed by atoms with Crippen molar-refractivity contribution in [2.24, 2.45) is 5.92 Å². The number of aliphatic hydroxyl groups is 1. The molecule has 3 aromatic rings. The quantitative estimate of drug-likeness (QED) is 0.304. The molecule has 45 heavy (non-hydrogen) atoms. The molecule has 0 spiro atoms. The molecule has 1 N–H and O–H groups in total. The first-order valence-corrected chi connectivity index (χ1v) is 17.2. The zero-order valence-corrected chi connectivity index (χ0v) is 27.8. The summed E-state index contributed by atoms with van der Waals surface area (Å²) in [6, 6.07) is 24.0. The number of ether oxygens (including phenoxy) is 6. The number of hydrogen-bond acceptors (Lipinski definition) is 9. The van der Waals surface area contributed by atoms with Crippen LogP contribution in [0.25, 0.3) is 0 Å². The third kappa shape index (κ3) is 5.32. The Balaban J connectivity index is 1.56. The third-order valence-electron chi connectivity index (χ3n) is 9.20. The Labute approximate surface area is 265 Å². The molecule has 3 aromatic carbocycles. The number of rotatable bonds is 7. The lowest BCUT2D eigenvalue weighted by Crippen LogP contribution is -2.71. The van der Waals surface area contributed by atoms with Gasteiger partial charge in [0.1, 0.15) is 18.3 Å². The second kappa shape index (κ2) is 11.7. The molecule has 0 bridgehead atoms. The van der Waals surface area contributed by atoms with Gasteiger partial charge >= 0.3 is 5.97 Å². The Morgan fingerprint density at radius 2 is 1.51 bits per heavy atom.